The lowest BCUT2D eigenvalue weighted by atomic mass is 10.2. The Morgan fingerprint density at radius 1 is 0.725 bits per heavy atom. The van der Waals surface area contributed by atoms with E-state index in [9.17, 15) is 19.2 Å². The molecule has 4 rings (SSSR count). The van der Waals surface area contributed by atoms with Gasteiger partial charge in [-0.2, -0.15) is 0 Å². The van der Waals surface area contributed by atoms with E-state index >= 15 is 0 Å². The number of nitrogens with one attached hydrogen (secondary N) is 2. The van der Waals surface area contributed by atoms with Crippen LogP contribution in [0.4, 0.5) is 0 Å². The first-order chi connectivity index (χ1) is 23.4. The van der Waals surface area contributed by atoms with Crippen LogP contribution in [-0.2, 0) is 31.9 Å². The monoisotopic (exact) mass is 772 g/mol. The molecule has 2 aromatic heterocycles. The van der Waals surface area contributed by atoms with Gasteiger partial charge in [-0.3, -0.25) is 28.7 Å². The number of ether oxygens (including phenoxy) is 2. The van der Waals surface area contributed by atoms with Crippen molar-refractivity contribution in [2.75, 3.05) is 20.3 Å². The van der Waals surface area contributed by atoms with Crippen molar-refractivity contribution in [3.63, 3.8) is 0 Å². The molecule has 0 amide bonds. The summed E-state index contributed by atoms with van der Waals surface area (Å²) in [6.45, 7) is 25.2. The molecule has 2 aliphatic rings. The van der Waals surface area contributed by atoms with E-state index in [-0.39, 0.29) is 36.1 Å². The summed E-state index contributed by atoms with van der Waals surface area (Å²) < 4.78 is 47.4. The average molecular weight is 773 g/mol. The van der Waals surface area contributed by atoms with Gasteiger partial charge in [0.15, 0.2) is 16.6 Å². The minimum Gasteiger partial charge on any atom is -0.414 e. The standard InChI is InChI=1S/C33H57N4O11PSi2/c1-20-16-36(30(40)34-28(20)38)26-14-22(24(45-26)18-43-50(10,11)32(3,4)5)47-49(42-9)48-23-15-27(37-17-21(2)29(39)35-31(37)41)46-25(23)19-44-51(12,13)33(6,7)8/h16-17,22-27H,14-15,18-19H2,1-13H3,(H,34,38,40)(H,35,39,41)/t22-,23-,24+,25+,26+,27+/m0/s1. The van der Waals surface area contributed by atoms with E-state index in [1.54, 1.807) is 13.8 Å². The van der Waals surface area contributed by atoms with Gasteiger partial charge in [-0.05, 0) is 50.1 Å². The van der Waals surface area contributed by atoms with Crippen LogP contribution in [0.15, 0.2) is 31.6 Å². The lowest BCUT2D eigenvalue weighted by Crippen LogP contribution is -2.44. The number of hydrogen-bond donors (Lipinski definition) is 2. The van der Waals surface area contributed by atoms with Crippen LogP contribution in [-0.4, -0.2) is 80.5 Å². The number of aromatic nitrogens is 4. The van der Waals surface area contributed by atoms with E-state index < -0.39 is 84.6 Å². The highest BCUT2D eigenvalue weighted by atomic mass is 31.2. The molecule has 51 heavy (non-hydrogen) atoms. The summed E-state index contributed by atoms with van der Waals surface area (Å²) >= 11 is 0. The fourth-order valence-corrected chi connectivity index (χ4v) is 8.35. The van der Waals surface area contributed by atoms with Gasteiger partial charge in [0.25, 0.3) is 11.1 Å². The van der Waals surface area contributed by atoms with Crippen LogP contribution in [0.25, 0.3) is 0 Å². The molecule has 0 unspecified atom stereocenters. The smallest absolute Gasteiger partial charge is 0.333 e. The highest BCUT2D eigenvalue weighted by Crippen LogP contribution is 2.49. The normalized spacial score (nSPS) is 24.9. The summed E-state index contributed by atoms with van der Waals surface area (Å²) in [6.07, 6.45) is -0.353. The molecule has 6 atom stereocenters. The zero-order chi connectivity index (χ0) is 38.3. The van der Waals surface area contributed by atoms with Crippen molar-refractivity contribution >= 4 is 25.2 Å². The SMILES string of the molecule is COP(O[C@H]1C[C@H](n2cc(C)c(=O)[nH]c2=O)O[C@@H]1CO[Si](C)(C)C(C)(C)C)O[C@H]1C[C@H](n2cc(C)c(=O)[nH]c2=O)O[C@@H]1CO[Si](C)(C)C(C)(C)C. The minimum absolute atomic E-state index is 0.0522. The Labute approximate surface area is 302 Å². The van der Waals surface area contributed by atoms with Crippen molar-refractivity contribution in [2.45, 2.75) is 141 Å². The molecular weight excluding hydrogens is 716 g/mol. The van der Waals surface area contributed by atoms with Gasteiger partial charge in [0, 0.05) is 43.5 Å². The van der Waals surface area contributed by atoms with Crippen molar-refractivity contribution in [2.24, 2.45) is 0 Å². The molecule has 4 heterocycles. The second-order valence-electron chi connectivity index (χ2n) is 16.5. The zero-order valence-corrected chi connectivity index (χ0v) is 35.2. The molecule has 0 aromatic carbocycles. The molecule has 0 spiro atoms. The summed E-state index contributed by atoms with van der Waals surface area (Å²) in [5.41, 5.74) is -1.34. The summed E-state index contributed by atoms with van der Waals surface area (Å²) in [6, 6.07) is 0. The maximum absolute atomic E-state index is 12.8. The predicted octanol–water partition coefficient (Wildman–Crippen LogP) is 4.97. The molecule has 15 nitrogen and oxygen atoms in total. The Morgan fingerprint density at radius 2 is 1.08 bits per heavy atom. The summed E-state index contributed by atoms with van der Waals surface area (Å²) in [4.78, 5) is 54.6. The molecule has 0 aliphatic carbocycles. The van der Waals surface area contributed by atoms with Crippen molar-refractivity contribution in [3.8, 4) is 0 Å². The van der Waals surface area contributed by atoms with Crippen LogP contribution in [0.3, 0.4) is 0 Å². The number of rotatable bonds is 13. The first-order valence-electron chi connectivity index (χ1n) is 17.3. The summed E-state index contributed by atoms with van der Waals surface area (Å²) in [5.74, 6) is 0. The molecular formula is C33H57N4O11PSi2. The van der Waals surface area contributed by atoms with E-state index in [0.717, 1.165) is 0 Å². The van der Waals surface area contributed by atoms with Gasteiger partial charge in [-0.1, -0.05) is 41.5 Å². The lowest BCUT2D eigenvalue weighted by molar-refractivity contribution is -0.0504. The van der Waals surface area contributed by atoms with Crippen molar-refractivity contribution < 1.29 is 31.9 Å². The number of aryl methyl sites for hydroxylation is 2. The van der Waals surface area contributed by atoms with Gasteiger partial charge in [-0.25, -0.2) is 9.59 Å². The minimum atomic E-state index is -2.19. The molecule has 2 fully saturated rings. The third kappa shape index (κ3) is 9.74. The molecule has 2 saturated heterocycles. The van der Waals surface area contributed by atoms with Crippen molar-refractivity contribution in [3.05, 3.63) is 65.2 Å². The van der Waals surface area contributed by atoms with E-state index in [1.165, 1.54) is 28.6 Å². The molecule has 0 bridgehead atoms. The molecule has 0 saturated carbocycles. The maximum atomic E-state index is 12.8. The van der Waals surface area contributed by atoms with Gasteiger partial charge in [0.05, 0.1) is 25.4 Å². The highest BCUT2D eigenvalue weighted by Gasteiger charge is 2.46. The molecule has 2 N–H and O–H groups in total. The average Bonchev–Trinajstić information content (AvgIpc) is 3.60. The highest BCUT2D eigenvalue weighted by molar-refractivity contribution is 7.41. The second-order valence-corrected chi connectivity index (χ2v) is 27.4. The Balaban J connectivity index is 1.60. The topological polar surface area (TPSA) is 174 Å². The Morgan fingerprint density at radius 3 is 1.39 bits per heavy atom. The Hall–Kier alpha value is -2.06. The summed E-state index contributed by atoms with van der Waals surface area (Å²) in [5, 5.41) is -0.104. The van der Waals surface area contributed by atoms with Crippen molar-refractivity contribution in [1.29, 1.82) is 0 Å². The maximum Gasteiger partial charge on any atom is 0.333 e. The van der Waals surface area contributed by atoms with E-state index in [0.29, 0.717) is 11.1 Å². The number of H-pyrrole nitrogens is 2. The van der Waals surface area contributed by atoms with Crippen molar-refractivity contribution in [1.82, 2.24) is 19.1 Å². The quantitative estimate of drug-likeness (QED) is 0.208. The first-order valence-corrected chi connectivity index (χ1v) is 24.3. The van der Waals surface area contributed by atoms with Gasteiger partial charge in [0.1, 0.15) is 24.7 Å². The van der Waals surface area contributed by atoms with Crippen LogP contribution in [0.2, 0.25) is 36.3 Å². The van der Waals surface area contributed by atoms with Gasteiger partial charge < -0.3 is 31.9 Å². The third-order valence-electron chi connectivity index (χ3n) is 10.7. The summed E-state index contributed by atoms with van der Waals surface area (Å²) in [7, 11) is -4.91. The van der Waals surface area contributed by atoms with Gasteiger partial charge in [-0.15, -0.1) is 0 Å². The second kappa shape index (κ2) is 15.7. The molecule has 2 aliphatic heterocycles. The van der Waals surface area contributed by atoms with Crippen LogP contribution < -0.4 is 22.5 Å². The Kier molecular flexibility index (Phi) is 12.9. The fourth-order valence-electron chi connectivity index (χ4n) is 5.21. The van der Waals surface area contributed by atoms with E-state index in [2.05, 4.69) is 77.7 Å². The molecule has 2 aromatic rings. The van der Waals surface area contributed by atoms with Crippen LogP contribution in [0, 0.1) is 13.8 Å². The largest absolute Gasteiger partial charge is 0.414 e. The predicted molar refractivity (Wildman–Crippen MR) is 199 cm³/mol. The first kappa shape index (κ1) is 41.7. The zero-order valence-electron chi connectivity index (χ0n) is 32.3. The van der Waals surface area contributed by atoms with Crippen LogP contribution >= 0.6 is 8.60 Å². The number of hydrogen-bond acceptors (Lipinski definition) is 11. The molecule has 288 valence electrons. The fraction of sp³-hybridized carbons (Fsp3) is 0.758. The molecule has 0 radical (unpaired) electrons. The lowest BCUT2D eigenvalue weighted by Gasteiger charge is -2.37. The van der Waals surface area contributed by atoms with Gasteiger partial charge >= 0.3 is 20.0 Å². The molecule has 18 heteroatoms. The van der Waals surface area contributed by atoms with Crippen LogP contribution in [0.1, 0.15) is 78.0 Å². The van der Waals surface area contributed by atoms with E-state index in [1.807, 2.05) is 0 Å². The van der Waals surface area contributed by atoms with Crippen LogP contribution in [0.5, 0.6) is 0 Å². The van der Waals surface area contributed by atoms with Gasteiger partial charge in [0.2, 0.25) is 0 Å². The number of nitrogens with zero attached hydrogens (tertiary/aromatic N) is 2. The third-order valence-corrected chi connectivity index (χ3v) is 20.9. The Bertz CT molecular complexity index is 1640. The van der Waals surface area contributed by atoms with E-state index in [4.69, 9.17) is 31.9 Å². The number of aromatic amines is 2.